The summed E-state index contributed by atoms with van der Waals surface area (Å²) in [7, 11) is 3.19. The first-order valence-corrected chi connectivity index (χ1v) is 8.12. The van der Waals surface area contributed by atoms with Gasteiger partial charge in [0.05, 0.1) is 30.1 Å². The van der Waals surface area contributed by atoms with Gasteiger partial charge in [-0.25, -0.2) is 9.97 Å². The molecule has 0 amide bonds. The Morgan fingerprint density at radius 3 is 2.65 bits per heavy atom. The predicted molar refractivity (Wildman–Crippen MR) is 97.7 cm³/mol. The Morgan fingerprint density at radius 1 is 1.04 bits per heavy atom. The van der Waals surface area contributed by atoms with Gasteiger partial charge in [-0.1, -0.05) is 18.2 Å². The van der Waals surface area contributed by atoms with Crippen LogP contribution in [-0.4, -0.2) is 27.4 Å². The van der Waals surface area contributed by atoms with Crippen LogP contribution >= 0.6 is 0 Å². The maximum atomic E-state index is 13.1. The van der Waals surface area contributed by atoms with E-state index in [1.165, 1.54) is 10.8 Å². The minimum atomic E-state index is -0.376. The minimum absolute atomic E-state index is 0.115. The Morgan fingerprint density at radius 2 is 1.85 bits per heavy atom. The number of ketones is 1. The molecule has 1 aliphatic rings. The monoisotopic (exact) mass is 343 g/mol. The number of fused-ring (bicyclic) bond motifs is 4. The SMILES string of the molecule is COc1cnc2c3c(nc4ccccc4c13)-c1ccn(C)c(=O)c1C2=O. The third-order valence-electron chi connectivity index (χ3n) is 4.87. The molecule has 0 saturated carbocycles. The predicted octanol–water partition coefficient (Wildman–Crippen LogP) is 2.70. The topological polar surface area (TPSA) is 74.1 Å². The summed E-state index contributed by atoms with van der Waals surface area (Å²) < 4.78 is 6.91. The smallest absolute Gasteiger partial charge is 0.262 e. The average molecular weight is 343 g/mol. The lowest BCUT2D eigenvalue weighted by Crippen LogP contribution is -2.28. The Hall–Kier alpha value is -3.54. The summed E-state index contributed by atoms with van der Waals surface area (Å²) in [6.07, 6.45) is 3.18. The van der Waals surface area contributed by atoms with Gasteiger partial charge in [-0.15, -0.1) is 0 Å². The lowest BCUT2D eigenvalue weighted by molar-refractivity contribution is 0.103. The molecule has 6 nitrogen and oxygen atoms in total. The summed E-state index contributed by atoms with van der Waals surface area (Å²) >= 11 is 0. The fourth-order valence-corrected chi connectivity index (χ4v) is 3.64. The van der Waals surface area contributed by atoms with E-state index in [0.29, 0.717) is 22.4 Å². The second-order valence-corrected chi connectivity index (χ2v) is 6.25. The summed E-state index contributed by atoms with van der Waals surface area (Å²) in [5.41, 5.74) is 1.91. The van der Waals surface area contributed by atoms with E-state index in [0.717, 1.165) is 16.3 Å². The van der Waals surface area contributed by atoms with Gasteiger partial charge in [0, 0.05) is 35.0 Å². The average Bonchev–Trinajstić information content (AvgIpc) is 2.67. The molecular formula is C20H13N3O3. The number of carbonyl (C=O) groups is 1. The van der Waals surface area contributed by atoms with Gasteiger partial charge in [-0.3, -0.25) is 9.59 Å². The van der Waals surface area contributed by atoms with E-state index in [1.54, 1.807) is 26.4 Å². The van der Waals surface area contributed by atoms with Crippen LogP contribution in [-0.2, 0) is 7.05 Å². The maximum absolute atomic E-state index is 13.1. The minimum Gasteiger partial charge on any atom is -0.494 e. The normalized spacial score (nSPS) is 12.5. The van der Waals surface area contributed by atoms with Crippen molar-refractivity contribution in [1.29, 1.82) is 0 Å². The van der Waals surface area contributed by atoms with Crippen LogP contribution in [0.4, 0.5) is 0 Å². The van der Waals surface area contributed by atoms with E-state index < -0.39 is 0 Å². The van der Waals surface area contributed by atoms with E-state index >= 15 is 0 Å². The van der Waals surface area contributed by atoms with Gasteiger partial charge in [0.1, 0.15) is 11.4 Å². The first kappa shape index (κ1) is 14.8. The van der Waals surface area contributed by atoms with Gasteiger partial charge in [-0.2, -0.15) is 0 Å². The highest BCUT2D eigenvalue weighted by Crippen LogP contribution is 2.42. The first-order chi connectivity index (χ1) is 12.6. The van der Waals surface area contributed by atoms with E-state index in [2.05, 4.69) is 4.98 Å². The summed E-state index contributed by atoms with van der Waals surface area (Å²) in [5.74, 6) is 0.196. The van der Waals surface area contributed by atoms with Crippen LogP contribution in [0.2, 0.25) is 0 Å². The number of benzene rings is 1. The van der Waals surface area contributed by atoms with Crippen molar-refractivity contribution in [2.45, 2.75) is 0 Å². The number of methoxy groups -OCH3 is 1. The molecule has 0 fully saturated rings. The molecule has 0 atom stereocenters. The molecule has 1 aromatic carbocycles. The van der Waals surface area contributed by atoms with Gasteiger partial charge in [0.2, 0.25) is 5.78 Å². The lowest BCUT2D eigenvalue weighted by Gasteiger charge is -2.20. The Bertz CT molecular complexity index is 1320. The van der Waals surface area contributed by atoms with Crippen LogP contribution in [0.1, 0.15) is 16.1 Å². The summed E-state index contributed by atoms with van der Waals surface area (Å²) in [5, 5.41) is 2.30. The van der Waals surface area contributed by atoms with Crippen molar-refractivity contribution in [2.75, 3.05) is 7.11 Å². The fourth-order valence-electron chi connectivity index (χ4n) is 3.64. The van der Waals surface area contributed by atoms with Gasteiger partial charge < -0.3 is 9.30 Å². The maximum Gasteiger partial charge on any atom is 0.262 e. The van der Waals surface area contributed by atoms with Gasteiger partial charge >= 0.3 is 0 Å². The zero-order valence-electron chi connectivity index (χ0n) is 14.1. The standard InChI is InChI=1S/C20H13N3O3/c1-23-8-7-11-15(20(23)25)19(24)18-16-14(13(26-2)9-21-18)10-5-3-4-6-12(10)22-17(11)16/h3-9H,1-2H3. The van der Waals surface area contributed by atoms with Gasteiger partial charge in [-0.05, 0) is 12.1 Å². The Labute approximate surface area is 147 Å². The molecule has 3 aromatic heterocycles. The third kappa shape index (κ3) is 1.70. The Balaban J connectivity index is 2.10. The van der Waals surface area contributed by atoms with Crippen LogP contribution in [0.3, 0.4) is 0 Å². The fraction of sp³-hybridized carbons (Fsp3) is 0.100. The van der Waals surface area contributed by atoms with E-state index in [4.69, 9.17) is 9.72 Å². The summed E-state index contributed by atoms with van der Waals surface area (Å²) in [6, 6.07) is 9.43. The molecule has 0 bridgehead atoms. The molecule has 26 heavy (non-hydrogen) atoms. The van der Waals surface area contributed by atoms with Crippen molar-refractivity contribution in [3.63, 3.8) is 0 Å². The van der Waals surface area contributed by atoms with Crippen LogP contribution in [0, 0.1) is 0 Å². The highest BCUT2D eigenvalue weighted by Gasteiger charge is 2.32. The molecule has 0 N–H and O–H groups in total. The van der Waals surface area contributed by atoms with E-state index in [1.807, 2.05) is 24.3 Å². The van der Waals surface area contributed by atoms with E-state index in [-0.39, 0.29) is 22.6 Å². The van der Waals surface area contributed by atoms with Crippen LogP contribution in [0.5, 0.6) is 5.75 Å². The first-order valence-electron chi connectivity index (χ1n) is 8.12. The number of carbonyl (C=O) groups excluding carboxylic acids is 1. The number of para-hydroxylation sites is 1. The van der Waals surface area contributed by atoms with Crippen molar-refractivity contribution in [2.24, 2.45) is 7.05 Å². The molecule has 0 aliphatic heterocycles. The number of nitrogens with zero attached hydrogens (tertiary/aromatic N) is 3. The zero-order chi connectivity index (χ0) is 18.0. The lowest BCUT2D eigenvalue weighted by atomic mass is 9.88. The van der Waals surface area contributed by atoms with Gasteiger partial charge in [0.25, 0.3) is 5.56 Å². The number of hydrogen-bond acceptors (Lipinski definition) is 5. The molecule has 4 aromatic rings. The Kier molecular flexibility index (Phi) is 2.83. The number of aryl methyl sites for hydroxylation is 1. The highest BCUT2D eigenvalue weighted by molar-refractivity contribution is 6.28. The highest BCUT2D eigenvalue weighted by atomic mass is 16.5. The summed E-state index contributed by atoms with van der Waals surface area (Å²) in [4.78, 5) is 34.7. The molecule has 6 heteroatoms. The van der Waals surface area contributed by atoms with E-state index in [9.17, 15) is 9.59 Å². The van der Waals surface area contributed by atoms with Crippen LogP contribution in [0.25, 0.3) is 32.9 Å². The second-order valence-electron chi connectivity index (χ2n) is 6.25. The molecule has 126 valence electrons. The van der Waals surface area contributed by atoms with Crippen molar-refractivity contribution in [1.82, 2.24) is 14.5 Å². The summed E-state index contributed by atoms with van der Waals surface area (Å²) in [6.45, 7) is 0. The number of ether oxygens (including phenoxy) is 1. The molecule has 0 spiro atoms. The number of pyridine rings is 3. The number of rotatable bonds is 1. The molecular weight excluding hydrogens is 330 g/mol. The second kappa shape index (κ2) is 4.98. The van der Waals surface area contributed by atoms with Crippen LogP contribution in [0.15, 0.2) is 47.5 Å². The van der Waals surface area contributed by atoms with Crippen molar-refractivity contribution in [3.8, 4) is 17.0 Å². The van der Waals surface area contributed by atoms with Gasteiger partial charge in [0.15, 0.2) is 0 Å². The van der Waals surface area contributed by atoms with Crippen molar-refractivity contribution >= 4 is 27.5 Å². The molecule has 5 rings (SSSR count). The van der Waals surface area contributed by atoms with Crippen molar-refractivity contribution in [3.05, 3.63) is 64.3 Å². The van der Waals surface area contributed by atoms with Crippen LogP contribution < -0.4 is 10.3 Å². The largest absolute Gasteiger partial charge is 0.494 e. The molecule has 0 saturated heterocycles. The molecule has 0 unspecified atom stereocenters. The van der Waals surface area contributed by atoms with Crippen molar-refractivity contribution < 1.29 is 9.53 Å². The molecule has 0 radical (unpaired) electrons. The number of hydrogen-bond donors (Lipinski definition) is 0. The molecule has 1 aliphatic carbocycles. The third-order valence-corrected chi connectivity index (χ3v) is 4.87. The quantitative estimate of drug-likeness (QED) is 0.438. The molecule has 3 heterocycles. The number of aromatic nitrogens is 3. The zero-order valence-corrected chi connectivity index (χ0v) is 14.1.